The maximum atomic E-state index is 12.7. The molecule has 10 nitrogen and oxygen atoms in total. The van der Waals surface area contributed by atoms with E-state index in [9.17, 15) is 9.90 Å². The fourth-order valence-corrected chi connectivity index (χ4v) is 4.29. The second kappa shape index (κ2) is 9.79. The maximum absolute atomic E-state index is 12.7. The first kappa shape index (κ1) is 22.9. The van der Waals surface area contributed by atoms with Crippen LogP contribution in [0.1, 0.15) is 27.8 Å². The summed E-state index contributed by atoms with van der Waals surface area (Å²) in [5, 5.41) is 12.2. The molecule has 1 aliphatic rings. The third kappa shape index (κ3) is 4.72. The Labute approximate surface area is 202 Å². The van der Waals surface area contributed by atoms with Crippen molar-refractivity contribution >= 4 is 23.1 Å². The number of ether oxygens (including phenoxy) is 1. The summed E-state index contributed by atoms with van der Waals surface area (Å²) in [4.78, 5) is 28.2. The Hall–Kier alpha value is -3.86. The molecular weight excluding hydrogens is 446 g/mol. The molecule has 35 heavy (non-hydrogen) atoms. The first-order valence-corrected chi connectivity index (χ1v) is 11.4. The topological polar surface area (TPSA) is 131 Å². The van der Waals surface area contributed by atoms with E-state index < -0.39 is 0 Å². The predicted octanol–water partition coefficient (Wildman–Crippen LogP) is 2.30. The first-order valence-electron chi connectivity index (χ1n) is 11.4. The van der Waals surface area contributed by atoms with Crippen molar-refractivity contribution in [2.24, 2.45) is 0 Å². The van der Waals surface area contributed by atoms with E-state index in [1.807, 2.05) is 41.8 Å². The van der Waals surface area contributed by atoms with Gasteiger partial charge >= 0.3 is 0 Å². The number of pyridine rings is 1. The van der Waals surface area contributed by atoms with Crippen molar-refractivity contribution in [2.45, 2.75) is 13.0 Å². The van der Waals surface area contributed by atoms with Crippen molar-refractivity contribution in [1.29, 1.82) is 0 Å². The van der Waals surface area contributed by atoms with E-state index in [2.05, 4.69) is 20.2 Å². The number of aryl methyl sites for hydroxylation is 1. The van der Waals surface area contributed by atoms with Crippen LogP contribution in [0.2, 0.25) is 0 Å². The molecule has 0 unspecified atom stereocenters. The van der Waals surface area contributed by atoms with Gasteiger partial charge in [0.2, 0.25) is 0 Å². The molecule has 0 spiro atoms. The monoisotopic (exact) mass is 473 g/mol. The number of nitrogens with zero attached hydrogens (tertiary/aromatic N) is 5. The number of aliphatic hydroxyl groups excluding tert-OH is 1. The molecular formula is C25H27N7O3. The lowest BCUT2D eigenvalue weighted by molar-refractivity contribution is -0.0381. The highest BCUT2D eigenvalue weighted by Crippen LogP contribution is 2.32. The van der Waals surface area contributed by atoms with Crippen LogP contribution in [0.25, 0.3) is 16.8 Å². The Balaban J connectivity index is 1.45. The van der Waals surface area contributed by atoms with Crippen molar-refractivity contribution in [3.8, 4) is 11.3 Å². The molecule has 0 saturated carbocycles. The third-order valence-corrected chi connectivity index (χ3v) is 6.04. The zero-order chi connectivity index (χ0) is 24.4. The number of imidazole rings is 1. The number of amides is 1. The lowest BCUT2D eigenvalue weighted by atomic mass is 10.1. The highest BCUT2D eigenvalue weighted by Gasteiger charge is 2.28. The fraction of sp³-hybridized carbons (Fsp3) is 0.280. The number of fused-ring (bicyclic) bond motifs is 1. The minimum absolute atomic E-state index is 0.0943. The average molecular weight is 474 g/mol. The Morgan fingerprint density at radius 2 is 2.06 bits per heavy atom. The fourth-order valence-electron chi connectivity index (χ4n) is 4.29. The molecule has 4 aromatic rings. The number of aromatic nitrogens is 4. The molecule has 0 aliphatic carbocycles. The zero-order valence-corrected chi connectivity index (χ0v) is 19.4. The Morgan fingerprint density at radius 3 is 2.83 bits per heavy atom. The summed E-state index contributed by atoms with van der Waals surface area (Å²) in [6.07, 6.45) is 4.85. The lowest BCUT2D eigenvalue weighted by Gasteiger charge is -2.31. The molecule has 4 N–H and O–H groups in total. The number of nitrogens with one attached hydrogen (secondary N) is 1. The molecule has 1 saturated heterocycles. The van der Waals surface area contributed by atoms with Gasteiger partial charge in [0.1, 0.15) is 34.8 Å². The van der Waals surface area contributed by atoms with Crippen LogP contribution in [-0.2, 0) is 4.74 Å². The van der Waals surface area contributed by atoms with Crippen LogP contribution in [0.4, 0.5) is 11.6 Å². The molecule has 1 atom stereocenters. The summed E-state index contributed by atoms with van der Waals surface area (Å²) >= 11 is 0. The Bertz CT molecular complexity index is 1350. The van der Waals surface area contributed by atoms with E-state index in [-0.39, 0.29) is 18.6 Å². The van der Waals surface area contributed by atoms with Crippen molar-refractivity contribution in [3.63, 3.8) is 0 Å². The molecule has 0 bridgehead atoms. The SMILES string of the molecule is Cc1ccnc(NC(=O)c2ccc(-c3nc([C@H]4CN(CCO)CCO4)n4ccnc(N)c34)cc2)c1. The van der Waals surface area contributed by atoms with Crippen molar-refractivity contribution < 1.29 is 14.6 Å². The molecule has 4 heterocycles. The van der Waals surface area contributed by atoms with E-state index in [4.69, 9.17) is 15.5 Å². The summed E-state index contributed by atoms with van der Waals surface area (Å²) in [6.45, 7) is 4.55. The lowest BCUT2D eigenvalue weighted by Crippen LogP contribution is -2.40. The van der Waals surface area contributed by atoms with Gasteiger partial charge in [-0.05, 0) is 36.8 Å². The number of carbonyl (C=O) groups is 1. The summed E-state index contributed by atoms with van der Waals surface area (Å²) in [6, 6.07) is 10.9. The number of anilines is 2. The number of morpholine rings is 1. The van der Waals surface area contributed by atoms with E-state index in [1.165, 1.54) is 0 Å². The van der Waals surface area contributed by atoms with Gasteiger partial charge in [0, 0.05) is 49.4 Å². The number of hydrogen-bond donors (Lipinski definition) is 3. The highest BCUT2D eigenvalue weighted by atomic mass is 16.5. The molecule has 1 aromatic carbocycles. The maximum Gasteiger partial charge on any atom is 0.256 e. The van der Waals surface area contributed by atoms with Gasteiger partial charge in [-0.15, -0.1) is 0 Å². The zero-order valence-electron chi connectivity index (χ0n) is 19.4. The Morgan fingerprint density at radius 1 is 1.23 bits per heavy atom. The molecule has 1 aliphatic heterocycles. The third-order valence-electron chi connectivity index (χ3n) is 6.04. The van der Waals surface area contributed by atoms with Crippen LogP contribution in [-0.4, -0.2) is 68.1 Å². The molecule has 5 rings (SSSR count). The Kier molecular flexibility index (Phi) is 6.41. The number of β-amino-alcohol motifs (C(OH)–C–C–N with tert-alkyl or cyclic N) is 1. The van der Waals surface area contributed by atoms with Crippen LogP contribution >= 0.6 is 0 Å². The molecule has 10 heteroatoms. The van der Waals surface area contributed by atoms with E-state index in [0.717, 1.165) is 23.5 Å². The van der Waals surface area contributed by atoms with Crippen molar-refractivity contribution in [2.75, 3.05) is 43.9 Å². The minimum Gasteiger partial charge on any atom is -0.395 e. The van der Waals surface area contributed by atoms with Gasteiger partial charge in [-0.25, -0.2) is 15.0 Å². The number of carbonyl (C=O) groups excluding carboxylic acids is 1. The number of nitrogen functional groups attached to an aromatic ring is 1. The van der Waals surface area contributed by atoms with Crippen LogP contribution in [0.15, 0.2) is 55.0 Å². The van der Waals surface area contributed by atoms with Crippen LogP contribution in [0, 0.1) is 6.92 Å². The number of nitrogens with two attached hydrogens (primary N) is 1. The normalized spacial score (nSPS) is 16.5. The minimum atomic E-state index is -0.273. The van der Waals surface area contributed by atoms with E-state index in [1.54, 1.807) is 24.5 Å². The van der Waals surface area contributed by atoms with Gasteiger partial charge < -0.3 is 20.9 Å². The smallest absolute Gasteiger partial charge is 0.256 e. The van der Waals surface area contributed by atoms with E-state index >= 15 is 0 Å². The summed E-state index contributed by atoms with van der Waals surface area (Å²) in [5.41, 5.74) is 9.94. The van der Waals surface area contributed by atoms with Crippen LogP contribution in [0.3, 0.4) is 0 Å². The summed E-state index contributed by atoms with van der Waals surface area (Å²) in [5.74, 6) is 1.34. The number of hydrogen-bond acceptors (Lipinski definition) is 8. The first-order chi connectivity index (χ1) is 17.0. The molecule has 0 radical (unpaired) electrons. The highest BCUT2D eigenvalue weighted by molar-refractivity contribution is 6.04. The quantitative estimate of drug-likeness (QED) is 0.389. The number of rotatable bonds is 6. The second-order valence-electron chi connectivity index (χ2n) is 8.48. The number of benzene rings is 1. The van der Waals surface area contributed by atoms with Gasteiger partial charge in [0.15, 0.2) is 0 Å². The largest absolute Gasteiger partial charge is 0.395 e. The standard InChI is InChI=1S/C25H27N7O3/c1-16-6-7-27-20(14-16)29-25(34)18-4-2-17(3-5-18)21-22-23(26)28-8-9-32(22)24(30-21)19-15-31(10-12-33)11-13-35-19/h2-9,14,19,33H,10-13,15H2,1H3,(H2,26,28)(H,27,29,34)/t19-/m1/s1. The van der Waals surface area contributed by atoms with Gasteiger partial charge in [-0.2, -0.15) is 0 Å². The predicted molar refractivity (Wildman–Crippen MR) is 132 cm³/mol. The van der Waals surface area contributed by atoms with Gasteiger partial charge in [0.05, 0.1) is 13.2 Å². The number of aliphatic hydroxyl groups is 1. The summed E-state index contributed by atoms with van der Waals surface area (Å²) in [7, 11) is 0. The molecule has 3 aromatic heterocycles. The van der Waals surface area contributed by atoms with Crippen molar-refractivity contribution in [1.82, 2.24) is 24.3 Å². The molecule has 180 valence electrons. The van der Waals surface area contributed by atoms with Crippen LogP contribution in [0.5, 0.6) is 0 Å². The van der Waals surface area contributed by atoms with Crippen molar-refractivity contribution in [3.05, 3.63) is 71.9 Å². The van der Waals surface area contributed by atoms with Gasteiger partial charge in [0.25, 0.3) is 5.91 Å². The molecule has 1 amide bonds. The van der Waals surface area contributed by atoms with E-state index in [0.29, 0.717) is 48.1 Å². The summed E-state index contributed by atoms with van der Waals surface area (Å²) < 4.78 is 7.94. The van der Waals surface area contributed by atoms with Gasteiger partial charge in [-0.1, -0.05) is 12.1 Å². The molecule has 1 fully saturated rings. The van der Waals surface area contributed by atoms with Gasteiger partial charge in [-0.3, -0.25) is 14.1 Å². The van der Waals surface area contributed by atoms with Crippen LogP contribution < -0.4 is 11.1 Å². The average Bonchev–Trinajstić information content (AvgIpc) is 3.26. The second-order valence-corrected chi connectivity index (χ2v) is 8.48.